The molecule has 5 rings (SSSR count). The second kappa shape index (κ2) is 13.8. The number of H-pyrrole nitrogens is 1. The lowest BCUT2D eigenvalue weighted by Gasteiger charge is -2.19. The Kier molecular flexibility index (Phi) is 9.76. The van der Waals surface area contributed by atoms with Crippen LogP contribution in [-0.4, -0.2) is 84.7 Å². The predicted octanol–water partition coefficient (Wildman–Crippen LogP) is 6.11. The van der Waals surface area contributed by atoms with Gasteiger partial charge in [0, 0.05) is 28.8 Å². The van der Waals surface area contributed by atoms with Gasteiger partial charge in [0.2, 0.25) is 0 Å². The van der Waals surface area contributed by atoms with Gasteiger partial charge in [-0.15, -0.1) is 0 Å². The molecule has 2 unspecified atom stereocenters. The molecule has 2 fully saturated rings. The maximum absolute atomic E-state index is 12.5. The fourth-order valence-electron chi connectivity index (χ4n) is 5.91. The zero-order valence-electron chi connectivity index (χ0n) is 24.8. The number of amides is 2. The number of fused-ring (bicyclic) bond motifs is 1. The number of nitrogens with one attached hydrogen (secondary N) is 3. The summed E-state index contributed by atoms with van der Waals surface area (Å²) in [4.78, 5) is 29.5. The van der Waals surface area contributed by atoms with Gasteiger partial charge in [0.15, 0.2) is 0 Å². The Morgan fingerprint density at radius 1 is 0.952 bits per heavy atom. The third kappa shape index (κ3) is 7.68. The van der Waals surface area contributed by atoms with E-state index in [9.17, 15) is 9.59 Å². The lowest BCUT2D eigenvalue weighted by atomic mass is 10.1. The van der Waals surface area contributed by atoms with Crippen LogP contribution in [0.15, 0.2) is 36.4 Å². The first-order chi connectivity index (χ1) is 20.4. The molecule has 2 amide bonds. The summed E-state index contributed by atoms with van der Waals surface area (Å²) in [5.74, 6) is 0. The van der Waals surface area contributed by atoms with Gasteiger partial charge in [-0.2, -0.15) is 5.10 Å². The number of nitrogens with zero attached hydrogens (tertiary/aromatic N) is 3. The van der Waals surface area contributed by atoms with Crippen molar-refractivity contribution in [1.29, 1.82) is 0 Å². The highest BCUT2D eigenvalue weighted by Gasteiger charge is 2.22. The average Bonchev–Trinajstić information content (AvgIpc) is 3.68. The van der Waals surface area contributed by atoms with Gasteiger partial charge in [-0.05, 0) is 114 Å². The third-order valence-electron chi connectivity index (χ3n) is 8.45. The van der Waals surface area contributed by atoms with E-state index < -0.39 is 12.2 Å². The summed E-state index contributed by atoms with van der Waals surface area (Å²) in [6, 6.07) is 12.4. The van der Waals surface area contributed by atoms with Crippen molar-refractivity contribution in [1.82, 2.24) is 20.0 Å². The van der Waals surface area contributed by atoms with Crippen molar-refractivity contribution < 1.29 is 19.1 Å². The first-order valence-electron chi connectivity index (χ1n) is 14.9. The van der Waals surface area contributed by atoms with Crippen molar-refractivity contribution in [3.63, 3.8) is 0 Å². The largest absolute Gasteiger partial charge is 0.449 e. The molecule has 3 heterocycles. The van der Waals surface area contributed by atoms with E-state index in [-0.39, 0.29) is 0 Å². The van der Waals surface area contributed by atoms with Gasteiger partial charge in [-0.25, -0.2) is 9.59 Å². The Bertz CT molecular complexity index is 1420. The second-order valence-electron chi connectivity index (χ2n) is 11.4. The lowest BCUT2D eigenvalue weighted by Crippen LogP contribution is -2.27. The van der Waals surface area contributed by atoms with Crippen molar-refractivity contribution in [2.24, 2.45) is 0 Å². The van der Waals surface area contributed by atoms with E-state index in [0.717, 1.165) is 66.5 Å². The Labute approximate surface area is 247 Å². The van der Waals surface area contributed by atoms with E-state index in [4.69, 9.17) is 9.47 Å². The maximum atomic E-state index is 12.5. The molecule has 0 radical (unpaired) electrons. The maximum Gasteiger partial charge on any atom is 0.411 e. The van der Waals surface area contributed by atoms with Gasteiger partial charge in [0.05, 0.1) is 24.4 Å². The van der Waals surface area contributed by atoms with Crippen LogP contribution in [0.2, 0.25) is 0 Å². The molecule has 3 aromatic rings. The molecule has 224 valence electrons. The normalized spacial score (nSPS) is 19.5. The van der Waals surface area contributed by atoms with Gasteiger partial charge in [0.1, 0.15) is 0 Å². The summed E-state index contributed by atoms with van der Waals surface area (Å²) in [5, 5.41) is 14.1. The Morgan fingerprint density at radius 2 is 1.62 bits per heavy atom. The molecule has 3 N–H and O–H groups in total. The number of likely N-dealkylation sites (tertiary alicyclic amines) is 2. The molecule has 42 heavy (non-hydrogen) atoms. The molecule has 0 spiro atoms. The summed E-state index contributed by atoms with van der Waals surface area (Å²) in [7, 11) is 4.24. The monoisotopic (exact) mass is 574 g/mol. The van der Waals surface area contributed by atoms with Gasteiger partial charge in [-0.3, -0.25) is 15.7 Å². The molecule has 2 saturated heterocycles. The summed E-state index contributed by atoms with van der Waals surface area (Å²) in [6.07, 6.45) is 9.34. The highest BCUT2D eigenvalue weighted by molar-refractivity contribution is 5.96. The van der Waals surface area contributed by atoms with Crippen molar-refractivity contribution in [3.8, 4) is 0 Å². The number of anilines is 2. The van der Waals surface area contributed by atoms with Crippen molar-refractivity contribution >= 4 is 46.6 Å². The number of benzene rings is 2. The van der Waals surface area contributed by atoms with E-state index in [1.54, 1.807) is 0 Å². The molecule has 0 bridgehead atoms. The molecule has 10 nitrogen and oxygen atoms in total. The first kappa shape index (κ1) is 29.6. The van der Waals surface area contributed by atoms with Crippen LogP contribution >= 0.6 is 0 Å². The van der Waals surface area contributed by atoms with Crippen LogP contribution in [0.1, 0.15) is 55.3 Å². The smallest absolute Gasteiger partial charge is 0.411 e. The quantitative estimate of drug-likeness (QED) is 0.268. The molecule has 2 aliphatic heterocycles. The number of carbonyl (C=O) groups is 2. The van der Waals surface area contributed by atoms with Crippen LogP contribution in [-0.2, 0) is 9.47 Å². The molecular formula is C32H42N6O4. The molecular weight excluding hydrogens is 532 g/mol. The predicted molar refractivity (Wildman–Crippen MR) is 167 cm³/mol. The van der Waals surface area contributed by atoms with E-state index in [1.807, 2.05) is 55.5 Å². The topological polar surface area (TPSA) is 112 Å². The standard InChI is InChI=1S/C32H42N6O4/c1-22-19-30-27(21-29(22)34-32(40)42-18-14-26-10-6-16-38(26)3)28(35-36-30)12-11-23-7-4-8-24(20-23)33-31(39)41-17-13-25-9-5-15-37(25)2/h4,7-8,11-12,19-21,25-26H,5-6,9-10,13-18H2,1-3H3,(H,33,39)(H,34,40)(H,35,36)/b12-11+. The van der Waals surface area contributed by atoms with E-state index in [0.29, 0.717) is 36.7 Å². The summed E-state index contributed by atoms with van der Waals surface area (Å²) >= 11 is 0. The van der Waals surface area contributed by atoms with Crippen LogP contribution in [0.4, 0.5) is 21.0 Å². The average molecular weight is 575 g/mol. The fraction of sp³-hybridized carbons (Fsp3) is 0.469. The van der Waals surface area contributed by atoms with Gasteiger partial charge < -0.3 is 19.3 Å². The Morgan fingerprint density at radius 3 is 2.26 bits per heavy atom. The zero-order chi connectivity index (χ0) is 29.5. The number of rotatable bonds is 10. The van der Waals surface area contributed by atoms with Crippen LogP contribution in [0.3, 0.4) is 0 Å². The highest BCUT2D eigenvalue weighted by Crippen LogP contribution is 2.26. The number of aromatic amines is 1. The minimum absolute atomic E-state index is 0.394. The van der Waals surface area contributed by atoms with Crippen LogP contribution in [0, 0.1) is 6.92 Å². The van der Waals surface area contributed by atoms with E-state index in [1.165, 1.54) is 12.8 Å². The first-order valence-corrected chi connectivity index (χ1v) is 14.9. The lowest BCUT2D eigenvalue weighted by molar-refractivity contribution is 0.146. The molecule has 2 aliphatic rings. The van der Waals surface area contributed by atoms with Crippen molar-refractivity contribution in [2.75, 3.05) is 51.0 Å². The van der Waals surface area contributed by atoms with Gasteiger partial charge >= 0.3 is 12.2 Å². The zero-order valence-corrected chi connectivity index (χ0v) is 24.8. The summed E-state index contributed by atoms with van der Waals surface area (Å²) < 4.78 is 10.9. The molecule has 0 aliphatic carbocycles. The number of carbonyl (C=O) groups excluding carboxylic acids is 2. The van der Waals surface area contributed by atoms with Crippen LogP contribution in [0.25, 0.3) is 23.1 Å². The number of ether oxygens (including phenoxy) is 2. The van der Waals surface area contributed by atoms with Gasteiger partial charge in [-0.1, -0.05) is 18.2 Å². The number of hydrogen-bond donors (Lipinski definition) is 3. The van der Waals surface area contributed by atoms with E-state index >= 15 is 0 Å². The van der Waals surface area contributed by atoms with Crippen molar-refractivity contribution in [2.45, 2.75) is 57.5 Å². The Balaban J connectivity index is 1.16. The molecule has 2 atom stereocenters. The second-order valence-corrected chi connectivity index (χ2v) is 11.4. The number of aromatic nitrogens is 2. The number of aryl methyl sites for hydroxylation is 1. The van der Waals surface area contributed by atoms with Crippen LogP contribution < -0.4 is 10.6 Å². The van der Waals surface area contributed by atoms with Crippen LogP contribution in [0.5, 0.6) is 0 Å². The number of hydrogen-bond acceptors (Lipinski definition) is 7. The minimum Gasteiger partial charge on any atom is -0.449 e. The SMILES string of the molecule is Cc1cc2[nH]nc(/C=C/c3cccc(NC(=O)OCCC4CCCN4C)c3)c2cc1NC(=O)OCCC1CCCN1C. The van der Waals surface area contributed by atoms with Gasteiger partial charge in [0.25, 0.3) is 0 Å². The molecule has 1 aromatic heterocycles. The summed E-state index contributed by atoms with van der Waals surface area (Å²) in [6.45, 7) is 4.95. The highest BCUT2D eigenvalue weighted by atomic mass is 16.6. The molecule has 2 aromatic carbocycles. The summed E-state index contributed by atoms with van der Waals surface area (Å²) in [5.41, 5.74) is 4.77. The van der Waals surface area contributed by atoms with Crippen molar-refractivity contribution in [3.05, 3.63) is 53.2 Å². The minimum atomic E-state index is -0.451. The van der Waals surface area contributed by atoms with E-state index in [2.05, 4.69) is 44.7 Å². The fourth-order valence-corrected chi connectivity index (χ4v) is 5.91. The molecule has 10 heteroatoms. The third-order valence-corrected chi connectivity index (χ3v) is 8.45. The Hall–Kier alpha value is -3.89. The molecule has 0 saturated carbocycles.